The van der Waals surface area contributed by atoms with Crippen LogP contribution in [0.1, 0.15) is 22.3 Å². The fourth-order valence-electron chi connectivity index (χ4n) is 2.05. The van der Waals surface area contributed by atoms with Gasteiger partial charge in [0.15, 0.2) is 0 Å². The van der Waals surface area contributed by atoms with E-state index in [4.69, 9.17) is 10.5 Å². The lowest BCUT2D eigenvalue weighted by Gasteiger charge is -2.11. The fourth-order valence-corrected chi connectivity index (χ4v) is 2.28. The lowest BCUT2D eigenvalue weighted by Crippen LogP contribution is -2.05. The summed E-state index contributed by atoms with van der Waals surface area (Å²) in [6, 6.07) is 9.06. The van der Waals surface area contributed by atoms with Gasteiger partial charge in [-0.2, -0.15) is 0 Å². The van der Waals surface area contributed by atoms with Crippen LogP contribution < -0.4 is 10.5 Å². The van der Waals surface area contributed by atoms with Crippen molar-refractivity contribution >= 4 is 15.9 Å². The minimum atomic E-state index is -0.277. The fraction of sp³-hybridized carbons (Fsp3) is 0.250. The molecule has 0 aliphatic carbocycles. The third kappa shape index (κ3) is 3.19. The van der Waals surface area contributed by atoms with E-state index in [1.165, 1.54) is 0 Å². The summed E-state index contributed by atoms with van der Waals surface area (Å²) in [6.45, 7) is 4.38. The van der Waals surface area contributed by atoms with Crippen LogP contribution in [0.4, 0.5) is 4.39 Å². The van der Waals surface area contributed by atoms with Crippen LogP contribution in [0.3, 0.4) is 0 Å². The van der Waals surface area contributed by atoms with E-state index in [0.29, 0.717) is 11.1 Å². The molecule has 0 fully saturated rings. The summed E-state index contributed by atoms with van der Waals surface area (Å²) in [7, 11) is 0. The van der Waals surface area contributed by atoms with Crippen molar-refractivity contribution < 1.29 is 9.13 Å². The van der Waals surface area contributed by atoms with Gasteiger partial charge in [0.2, 0.25) is 0 Å². The van der Waals surface area contributed by atoms with Crippen LogP contribution in [0.25, 0.3) is 0 Å². The first-order valence-corrected chi connectivity index (χ1v) is 7.18. The van der Waals surface area contributed by atoms with E-state index in [2.05, 4.69) is 15.9 Å². The average molecular weight is 338 g/mol. The van der Waals surface area contributed by atoms with Gasteiger partial charge in [0, 0.05) is 22.1 Å². The summed E-state index contributed by atoms with van der Waals surface area (Å²) < 4.78 is 20.8. The zero-order valence-electron chi connectivity index (χ0n) is 11.5. The molecule has 0 saturated carbocycles. The monoisotopic (exact) mass is 337 g/mol. The molecule has 0 heterocycles. The molecule has 0 unspecified atom stereocenters. The van der Waals surface area contributed by atoms with Crippen molar-refractivity contribution in [2.75, 3.05) is 0 Å². The second-order valence-corrected chi connectivity index (χ2v) is 5.55. The molecule has 2 aromatic carbocycles. The van der Waals surface area contributed by atoms with Crippen molar-refractivity contribution in [3.8, 4) is 5.75 Å². The van der Waals surface area contributed by atoms with Gasteiger partial charge in [-0.15, -0.1) is 0 Å². The van der Waals surface area contributed by atoms with Crippen molar-refractivity contribution in [3.63, 3.8) is 0 Å². The Hall–Kier alpha value is -1.39. The van der Waals surface area contributed by atoms with Crippen molar-refractivity contribution in [1.82, 2.24) is 0 Å². The Morgan fingerprint density at radius 3 is 2.35 bits per heavy atom. The first-order valence-electron chi connectivity index (χ1n) is 6.38. The highest BCUT2D eigenvalue weighted by Crippen LogP contribution is 2.27. The van der Waals surface area contributed by atoms with Gasteiger partial charge in [-0.3, -0.25) is 0 Å². The van der Waals surface area contributed by atoms with Crippen LogP contribution in [-0.2, 0) is 13.2 Å². The Morgan fingerprint density at radius 1 is 1.15 bits per heavy atom. The molecule has 4 heteroatoms. The van der Waals surface area contributed by atoms with Crippen molar-refractivity contribution in [2.45, 2.75) is 27.0 Å². The van der Waals surface area contributed by atoms with Gasteiger partial charge in [-0.05, 0) is 37.1 Å². The number of ether oxygens (including phenoxy) is 1. The lowest BCUT2D eigenvalue weighted by atomic mass is 10.1. The molecule has 0 spiro atoms. The maximum Gasteiger partial charge on any atom is 0.134 e. The van der Waals surface area contributed by atoms with Gasteiger partial charge in [0.05, 0.1) is 0 Å². The van der Waals surface area contributed by atoms with Crippen LogP contribution in [0.15, 0.2) is 34.8 Å². The van der Waals surface area contributed by atoms with E-state index in [1.807, 2.05) is 26.0 Å². The van der Waals surface area contributed by atoms with Gasteiger partial charge < -0.3 is 10.5 Å². The Balaban J connectivity index is 2.17. The lowest BCUT2D eigenvalue weighted by molar-refractivity contribution is 0.299. The van der Waals surface area contributed by atoms with Gasteiger partial charge in [-0.25, -0.2) is 4.39 Å². The molecule has 2 rings (SSSR count). The number of halogens is 2. The number of rotatable bonds is 4. The molecule has 2 N–H and O–H groups in total. The average Bonchev–Trinajstić information content (AvgIpc) is 2.43. The first kappa shape index (κ1) is 15.0. The Bertz CT molecular complexity index is 605. The molecular formula is C16H17BrFNO. The van der Waals surface area contributed by atoms with Crippen molar-refractivity contribution in [1.29, 1.82) is 0 Å². The highest BCUT2D eigenvalue weighted by atomic mass is 79.9. The highest BCUT2D eigenvalue weighted by molar-refractivity contribution is 9.10. The highest BCUT2D eigenvalue weighted by Gasteiger charge is 2.08. The maximum absolute atomic E-state index is 14.0. The van der Waals surface area contributed by atoms with Crippen molar-refractivity contribution in [2.24, 2.45) is 5.73 Å². The molecule has 0 aliphatic rings. The summed E-state index contributed by atoms with van der Waals surface area (Å²) in [4.78, 5) is 0. The van der Waals surface area contributed by atoms with E-state index in [9.17, 15) is 4.39 Å². The SMILES string of the molecule is Cc1cc(OCc2cccc(CN)c2F)cc(C)c1Br. The predicted molar refractivity (Wildman–Crippen MR) is 82.2 cm³/mol. The quantitative estimate of drug-likeness (QED) is 0.905. The molecule has 0 aromatic heterocycles. The Kier molecular flexibility index (Phi) is 4.78. The molecule has 0 saturated heterocycles. The molecule has 2 nitrogen and oxygen atoms in total. The molecule has 0 aliphatic heterocycles. The van der Waals surface area contributed by atoms with E-state index in [-0.39, 0.29) is 19.0 Å². The number of aryl methyl sites for hydroxylation is 2. The zero-order chi connectivity index (χ0) is 14.7. The van der Waals surface area contributed by atoms with E-state index < -0.39 is 0 Å². The van der Waals surface area contributed by atoms with Crippen LogP contribution >= 0.6 is 15.9 Å². The number of hydrogen-bond acceptors (Lipinski definition) is 2. The van der Waals surface area contributed by atoms with Crippen LogP contribution in [0, 0.1) is 19.7 Å². The summed E-state index contributed by atoms with van der Waals surface area (Å²) in [5.74, 6) is 0.460. The molecule has 20 heavy (non-hydrogen) atoms. The van der Waals surface area contributed by atoms with Crippen LogP contribution in [0.2, 0.25) is 0 Å². The Labute approximate surface area is 126 Å². The molecular weight excluding hydrogens is 321 g/mol. The first-order chi connectivity index (χ1) is 9.52. The summed E-state index contributed by atoms with van der Waals surface area (Å²) in [5.41, 5.74) is 8.71. The summed E-state index contributed by atoms with van der Waals surface area (Å²) >= 11 is 3.51. The third-order valence-corrected chi connectivity index (χ3v) is 4.43. The van der Waals surface area contributed by atoms with Crippen molar-refractivity contribution in [3.05, 3.63) is 62.9 Å². The normalized spacial score (nSPS) is 10.7. The molecule has 0 atom stereocenters. The zero-order valence-corrected chi connectivity index (χ0v) is 13.1. The maximum atomic E-state index is 14.0. The van der Waals surface area contributed by atoms with Crippen LogP contribution in [0.5, 0.6) is 5.75 Å². The van der Waals surface area contributed by atoms with Gasteiger partial charge >= 0.3 is 0 Å². The molecule has 2 aromatic rings. The van der Waals surface area contributed by atoms with E-state index in [1.54, 1.807) is 18.2 Å². The Morgan fingerprint density at radius 2 is 1.75 bits per heavy atom. The van der Waals surface area contributed by atoms with Gasteiger partial charge in [-0.1, -0.05) is 34.1 Å². The van der Waals surface area contributed by atoms with E-state index in [0.717, 1.165) is 21.3 Å². The van der Waals surface area contributed by atoms with Gasteiger partial charge in [0.1, 0.15) is 18.2 Å². The number of benzene rings is 2. The molecule has 0 radical (unpaired) electrons. The minimum Gasteiger partial charge on any atom is -0.489 e. The molecule has 0 amide bonds. The summed E-state index contributed by atoms with van der Waals surface area (Å²) in [5, 5.41) is 0. The van der Waals surface area contributed by atoms with Gasteiger partial charge in [0.25, 0.3) is 0 Å². The standard InChI is InChI=1S/C16H17BrFNO/c1-10-6-14(7-11(2)15(10)17)20-9-13-5-3-4-12(8-19)16(13)18/h3-7H,8-9,19H2,1-2H3. The second kappa shape index (κ2) is 6.37. The molecule has 0 bridgehead atoms. The van der Waals surface area contributed by atoms with E-state index >= 15 is 0 Å². The van der Waals surface area contributed by atoms with Crippen LogP contribution in [-0.4, -0.2) is 0 Å². The minimum absolute atomic E-state index is 0.191. The topological polar surface area (TPSA) is 35.2 Å². The summed E-state index contributed by atoms with van der Waals surface area (Å²) in [6.07, 6.45) is 0. The smallest absolute Gasteiger partial charge is 0.134 e. The number of nitrogens with two attached hydrogens (primary N) is 1. The third-order valence-electron chi connectivity index (χ3n) is 3.18. The molecule has 106 valence electrons. The second-order valence-electron chi connectivity index (χ2n) is 4.75. The predicted octanol–water partition coefficient (Wildman–Crippen LogP) is 4.24. The number of hydrogen-bond donors (Lipinski definition) is 1. The largest absolute Gasteiger partial charge is 0.489 e.